The van der Waals surface area contributed by atoms with Crippen molar-refractivity contribution in [2.75, 3.05) is 5.32 Å². The first-order chi connectivity index (χ1) is 12.6. The maximum Gasteiger partial charge on any atom is 0.271 e. The van der Waals surface area contributed by atoms with E-state index < -0.39 is 0 Å². The molecule has 2 amide bonds. The number of amides is 2. The highest BCUT2D eigenvalue weighted by atomic mass is 35.5. The third kappa shape index (κ3) is 5.15. The average molecular weight is 386 g/mol. The monoisotopic (exact) mass is 385 g/mol. The number of rotatable bonds is 6. The van der Waals surface area contributed by atoms with E-state index in [4.69, 9.17) is 11.6 Å². The number of benzene rings is 2. The Balaban J connectivity index is 1.52. The maximum atomic E-state index is 12.2. The second-order valence-corrected chi connectivity index (χ2v) is 6.85. The molecule has 0 saturated carbocycles. The Kier molecular flexibility index (Phi) is 5.99. The molecule has 5 nitrogen and oxygen atoms in total. The summed E-state index contributed by atoms with van der Waals surface area (Å²) >= 11 is 7.05. The summed E-state index contributed by atoms with van der Waals surface area (Å²) in [5.74, 6) is -0.460. The van der Waals surface area contributed by atoms with Gasteiger partial charge < -0.3 is 10.6 Å². The SMILES string of the molecule is O=C(Cc1ccccc1)Nc1nc(C(=O)NCc2ccc(Cl)cc2)cs1. The fraction of sp³-hybridized carbons (Fsp3) is 0.105. The first-order valence-corrected chi connectivity index (χ1v) is 9.18. The Morgan fingerprint density at radius 2 is 1.73 bits per heavy atom. The van der Waals surface area contributed by atoms with Gasteiger partial charge in [0.15, 0.2) is 5.13 Å². The lowest BCUT2D eigenvalue weighted by atomic mass is 10.1. The second kappa shape index (κ2) is 8.60. The van der Waals surface area contributed by atoms with Crippen LogP contribution in [0.4, 0.5) is 5.13 Å². The van der Waals surface area contributed by atoms with Crippen molar-refractivity contribution in [3.8, 4) is 0 Å². The largest absolute Gasteiger partial charge is 0.347 e. The minimum atomic E-state index is -0.292. The van der Waals surface area contributed by atoms with Crippen LogP contribution in [0, 0.1) is 0 Å². The molecular formula is C19H16ClN3O2S. The molecule has 0 saturated heterocycles. The number of nitrogens with one attached hydrogen (secondary N) is 2. The smallest absolute Gasteiger partial charge is 0.271 e. The van der Waals surface area contributed by atoms with E-state index in [1.165, 1.54) is 11.3 Å². The van der Waals surface area contributed by atoms with Gasteiger partial charge in [0.1, 0.15) is 5.69 Å². The first-order valence-electron chi connectivity index (χ1n) is 7.92. The number of carbonyl (C=O) groups excluding carboxylic acids is 2. The average Bonchev–Trinajstić information content (AvgIpc) is 3.10. The van der Waals surface area contributed by atoms with Crippen LogP contribution in [0.5, 0.6) is 0 Å². The van der Waals surface area contributed by atoms with Crippen molar-refractivity contribution in [2.45, 2.75) is 13.0 Å². The molecule has 0 spiro atoms. The molecule has 1 aromatic heterocycles. The molecule has 3 aromatic rings. The van der Waals surface area contributed by atoms with Crippen LogP contribution in [0.15, 0.2) is 60.0 Å². The van der Waals surface area contributed by atoms with E-state index in [9.17, 15) is 9.59 Å². The van der Waals surface area contributed by atoms with Crippen molar-refractivity contribution in [3.63, 3.8) is 0 Å². The lowest BCUT2D eigenvalue weighted by Crippen LogP contribution is -2.23. The predicted octanol–water partition coefficient (Wildman–Crippen LogP) is 3.91. The Bertz CT molecular complexity index is 895. The summed E-state index contributed by atoms with van der Waals surface area (Å²) in [5, 5.41) is 8.18. The molecule has 2 N–H and O–H groups in total. The van der Waals surface area contributed by atoms with Gasteiger partial charge in [-0.05, 0) is 23.3 Å². The van der Waals surface area contributed by atoms with Gasteiger partial charge in [0.05, 0.1) is 6.42 Å². The summed E-state index contributed by atoms with van der Waals surface area (Å²) in [6, 6.07) is 16.7. The van der Waals surface area contributed by atoms with E-state index in [-0.39, 0.29) is 23.9 Å². The number of carbonyl (C=O) groups is 2. The number of anilines is 1. The molecule has 0 bridgehead atoms. The molecule has 0 aliphatic rings. The Morgan fingerprint density at radius 1 is 1.00 bits per heavy atom. The maximum absolute atomic E-state index is 12.2. The lowest BCUT2D eigenvalue weighted by Gasteiger charge is -2.04. The summed E-state index contributed by atoms with van der Waals surface area (Å²) in [4.78, 5) is 28.4. The quantitative estimate of drug-likeness (QED) is 0.675. The summed E-state index contributed by atoms with van der Waals surface area (Å²) < 4.78 is 0. The van der Waals surface area contributed by atoms with Crippen LogP contribution >= 0.6 is 22.9 Å². The van der Waals surface area contributed by atoms with E-state index in [0.717, 1.165) is 11.1 Å². The summed E-state index contributed by atoms with van der Waals surface area (Å²) in [5.41, 5.74) is 2.14. The molecule has 0 aliphatic carbocycles. The zero-order chi connectivity index (χ0) is 18.4. The van der Waals surface area contributed by atoms with Crippen LogP contribution in [0.2, 0.25) is 5.02 Å². The van der Waals surface area contributed by atoms with Crippen molar-refractivity contribution in [1.29, 1.82) is 0 Å². The van der Waals surface area contributed by atoms with Gasteiger partial charge in [0.25, 0.3) is 5.91 Å². The zero-order valence-electron chi connectivity index (χ0n) is 13.7. The predicted molar refractivity (Wildman–Crippen MR) is 104 cm³/mol. The molecule has 0 aliphatic heterocycles. The molecule has 0 radical (unpaired) electrons. The van der Waals surface area contributed by atoms with Gasteiger partial charge in [-0.25, -0.2) is 4.98 Å². The number of hydrogen-bond acceptors (Lipinski definition) is 4. The Labute approximate surface area is 160 Å². The van der Waals surface area contributed by atoms with Crippen LogP contribution in [0.1, 0.15) is 21.6 Å². The van der Waals surface area contributed by atoms with Crippen LogP contribution in [-0.2, 0) is 17.8 Å². The molecular weight excluding hydrogens is 370 g/mol. The highest BCUT2D eigenvalue weighted by molar-refractivity contribution is 7.14. The van der Waals surface area contributed by atoms with Crippen molar-refractivity contribution < 1.29 is 9.59 Å². The molecule has 3 rings (SSSR count). The van der Waals surface area contributed by atoms with Crippen LogP contribution in [0.25, 0.3) is 0 Å². The molecule has 7 heteroatoms. The molecule has 132 valence electrons. The van der Waals surface area contributed by atoms with Gasteiger partial charge >= 0.3 is 0 Å². The molecule has 1 heterocycles. The minimum Gasteiger partial charge on any atom is -0.347 e. The van der Waals surface area contributed by atoms with Gasteiger partial charge in [-0.15, -0.1) is 11.3 Å². The highest BCUT2D eigenvalue weighted by Crippen LogP contribution is 2.16. The van der Waals surface area contributed by atoms with Crippen molar-refractivity contribution in [3.05, 3.63) is 81.8 Å². The summed E-state index contributed by atoms with van der Waals surface area (Å²) in [6.07, 6.45) is 0.262. The van der Waals surface area contributed by atoms with Gasteiger partial charge in [-0.3, -0.25) is 9.59 Å². The standard InChI is InChI=1S/C19H16ClN3O2S/c20-15-8-6-14(7-9-15)11-21-18(25)16-12-26-19(22-16)23-17(24)10-13-4-2-1-3-5-13/h1-9,12H,10-11H2,(H,21,25)(H,22,23,24). The Morgan fingerprint density at radius 3 is 2.46 bits per heavy atom. The zero-order valence-corrected chi connectivity index (χ0v) is 15.3. The van der Waals surface area contributed by atoms with Crippen LogP contribution in [-0.4, -0.2) is 16.8 Å². The molecule has 0 fully saturated rings. The normalized spacial score (nSPS) is 10.3. The van der Waals surface area contributed by atoms with E-state index in [2.05, 4.69) is 15.6 Å². The number of hydrogen-bond donors (Lipinski definition) is 2. The van der Waals surface area contributed by atoms with Crippen molar-refractivity contribution in [1.82, 2.24) is 10.3 Å². The topological polar surface area (TPSA) is 71.1 Å². The fourth-order valence-electron chi connectivity index (χ4n) is 2.26. The number of halogens is 1. The van der Waals surface area contributed by atoms with Gasteiger partial charge in [-0.1, -0.05) is 54.1 Å². The number of nitrogens with zero attached hydrogens (tertiary/aromatic N) is 1. The van der Waals surface area contributed by atoms with E-state index >= 15 is 0 Å². The van der Waals surface area contributed by atoms with Gasteiger partial charge in [0, 0.05) is 16.9 Å². The van der Waals surface area contributed by atoms with E-state index in [1.807, 2.05) is 42.5 Å². The Hall–Kier alpha value is -2.70. The number of thiazole rings is 1. The van der Waals surface area contributed by atoms with Crippen LogP contribution in [0.3, 0.4) is 0 Å². The van der Waals surface area contributed by atoms with E-state index in [0.29, 0.717) is 16.7 Å². The molecule has 0 unspecified atom stereocenters. The third-order valence-corrected chi connectivity index (χ3v) is 4.57. The van der Waals surface area contributed by atoms with Crippen molar-refractivity contribution >= 4 is 39.9 Å². The van der Waals surface area contributed by atoms with Crippen LogP contribution < -0.4 is 10.6 Å². The molecule has 26 heavy (non-hydrogen) atoms. The first kappa shape index (κ1) is 18.1. The lowest BCUT2D eigenvalue weighted by molar-refractivity contribution is -0.115. The molecule has 2 aromatic carbocycles. The third-order valence-electron chi connectivity index (χ3n) is 3.56. The molecule has 0 atom stereocenters. The summed E-state index contributed by atoms with van der Waals surface area (Å²) in [7, 11) is 0. The highest BCUT2D eigenvalue weighted by Gasteiger charge is 2.12. The number of aromatic nitrogens is 1. The second-order valence-electron chi connectivity index (χ2n) is 5.56. The van der Waals surface area contributed by atoms with E-state index in [1.54, 1.807) is 17.5 Å². The van der Waals surface area contributed by atoms with Gasteiger partial charge in [-0.2, -0.15) is 0 Å². The van der Waals surface area contributed by atoms with Crippen molar-refractivity contribution in [2.24, 2.45) is 0 Å². The fourth-order valence-corrected chi connectivity index (χ4v) is 3.09. The van der Waals surface area contributed by atoms with Gasteiger partial charge in [0.2, 0.25) is 5.91 Å². The summed E-state index contributed by atoms with van der Waals surface area (Å²) in [6.45, 7) is 0.378. The minimum absolute atomic E-state index is 0.168.